The van der Waals surface area contributed by atoms with Gasteiger partial charge in [0.05, 0.1) is 5.92 Å². The molecule has 24 heavy (non-hydrogen) atoms. The number of rotatable bonds is 3. The van der Waals surface area contributed by atoms with Crippen molar-refractivity contribution in [3.05, 3.63) is 18.3 Å². The molecular weight excluding hydrogens is 349 g/mol. The Morgan fingerprint density at radius 2 is 2.17 bits per heavy atom. The maximum Gasteiger partial charge on any atom is 0.227 e. The second kappa shape index (κ2) is 10.0. The first-order valence-electron chi connectivity index (χ1n) is 8.26. The van der Waals surface area contributed by atoms with Crippen molar-refractivity contribution < 1.29 is 4.79 Å². The maximum absolute atomic E-state index is 12.7. The van der Waals surface area contributed by atoms with Gasteiger partial charge in [-0.05, 0) is 44.4 Å². The largest absolute Gasteiger partial charge is 0.353 e. The Hall–Kier alpha value is -1.11. The van der Waals surface area contributed by atoms with Gasteiger partial charge in [0.1, 0.15) is 0 Å². The Balaban J connectivity index is 0.00000144. The van der Waals surface area contributed by atoms with Crippen LogP contribution in [0.1, 0.15) is 25.7 Å². The van der Waals surface area contributed by atoms with Gasteiger partial charge in [-0.3, -0.25) is 4.79 Å². The van der Waals surface area contributed by atoms with Crippen LogP contribution in [0.2, 0.25) is 0 Å². The van der Waals surface area contributed by atoms with Crippen LogP contribution >= 0.6 is 24.8 Å². The minimum atomic E-state index is 0. The number of aromatic nitrogens is 2. The van der Waals surface area contributed by atoms with Crippen molar-refractivity contribution >= 4 is 36.5 Å². The molecule has 2 saturated heterocycles. The average molecular weight is 376 g/mol. The fraction of sp³-hybridized carbons (Fsp3) is 0.688. The number of halogens is 2. The van der Waals surface area contributed by atoms with Crippen LogP contribution in [-0.2, 0) is 4.79 Å². The zero-order valence-corrected chi connectivity index (χ0v) is 15.7. The first-order chi connectivity index (χ1) is 10.8. The van der Waals surface area contributed by atoms with Crippen molar-refractivity contribution in [1.82, 2.24) is 20.4 Å². The molecule has 136 valence electrons. The van der Waals surface area contributed by atoms with Gasteiger partial charge in [-0.25, -0.2) is 0 Å². The highest BCUT2D eigenvalue weighted by molar-refractivity contribution is 5.85. The van der Waals surface area contributed by atoms with Crippen molar-refractivity contribution in [2.45, 2.75) is 31.7 Å². The molecular formula is C16H27Cl2N5O. The molecule has 1 N–H and O–H groups in total. The maximum atomic E-state index is 12.7. The molecule has 0 radical (unpaired) electrons. The van der Waals surface area contributed by atoms with E-state index >= 15 is 0 Å². The molecule has 2 aliphatic rings. The molecule has 6 nitrogen and oxygen atoms in total. The molecule has 0 spiro atoms. The number of carbonyl (C=O) groups is 1. The summed E-state index contributed by atoms with van der Waals surface area (Å²) >= 11 is 0. The van der Waals surface area contributed by atoms with Gasteiger partial charge in [0.2, 0.25) is 5.91 Å². The summed E-state index contributed by atoms with van der Waals surface area (Å²) in [6, 6.07) is 4.17. The lowest BCUT2D eigenvalue weighted by molar-refractivity contribution is -0.137. The molecule has 0 aromatic carbocycles. The molecule has 0 bridgehead atoms. The van der Waals surface area contributed by atoms with Crippen LogP contribution in [0, 0.1) is 5.92 Å². The SMILES string of the molecule is CN(C(=O)C1CCCNC1)C1CCCN(c2cccnn2)C1.Cl.Cl. The third kappa shape index (κ3) is 4.94. The van der Waals surface area contributed by atoms with E-state index in [2.05, 4.69) is 20.4 Å². The van der Waals surface area contributed by atoms with Gasteiger partial charge >= 0.3 is 0 Å². The van der Waals surface area contributed by atoms with Gasteiger partial charge in [-0.15, -0.1) is 29.9 Å². The van der Waals surface area contributed by atoms with Crippen LogP contribution in [0.25, 0.3) is 0 Å². The Kier molecular flexibility index (Phi) is 8.73. The third-order valence-electron chi connectivity index (χ3n) is 4.82. The highest BCUT2D eigenvalue weighted by atomic mass is 35.5. The third-order valence-corrected chi connectivity index (χ3v) is 4.82. The molecule has 3 heterocycles. The normalized spacial score (nSPS) is 23.6. The Labute approximate surface area is 156 Å². The van der Waals surface area contributed by atoms with Crippen LogP contribution < -0.4 is 10.2 Å². The lowest BCUT2D eigenvalue weighted by Gasteiger charge is -2.39. The summed E-state index contributed by atoms with van der Waals surface area (Å²) in [4.78, 5) is 16.9. The van der Waals surface area contributed by atoms with Gasteiger partial charge in [-0.1, -0.05) is 0 Å². The van der Waals surface area contributed by atoms with Crippen LogP contribution in [0.15, 0.2) is 18.3 Å². The predicted molar refractivity (Wildman–Crippen MR) is 100 cm³/mol. The lowest BCUT2D eigenvalue weighted by Crippen LogP contribution is -2.52. The van der Waals surface area contributed by atoms with E-state index in [4.69, 9.17) is 0 Å². The van der Waals surface area contributed by atoms with Crippen molar-refractivity contribution in [2.75, 3.05) is 38.1 Å². The standard InChI is InChI=1S/C16H25N5O.2ClH/c1-20(16(22)13-5-2-8-17-11-13)14-6-4-10-21(12-14)15-7-3-9-18-19-15;;/h3,7,9,13-14,17H,2,4-6,8,10-12H2,1H3;2*1H. The van der Waals surface area contributed by atoms with Crippen molar-refractivity contribution in [2.24, 2.45) is 5.92 Å². The van der Waals surface area contributed by atoms with Crippen LogP contribution in [0.4, 0.5) is 5.82 Å². The molecule has 0 saturated carbocycles. The fourth-order valence-corrected chi connectivity index (χ4v) is 3.47. The van der Waals surface area contributed by atoms with Gasteiger partial charge in [0.15, 0.2) is 5.82 Å². The summed E-state index contributed by atoms with van der Waals surface area (Å²) in [6.45, 7) is 3.70. The van der Waals surface area contributed by atoms with Crippen LogP contribution in [0.3, 0.4) is 0 Å². The summed E-state index contributed by atoms with van der Waals surface area (Å²) in [5.74, 6) is 1.34. The molecule has 1 aromatic rings. The van der Waals surface area contributed by atoms with Crippen molar-refractivity contribution in [1.29, 1.82) is 0 Å². The Morgan fingerprint density at radius 3 is 2.83 bits per heavy atom. The van der Waals surface area contributed by atoms with Gasteiger partial charge in [0.25, 0.3) is 0 Å². The second-order valence-corrected chi connectivity index (χ2v) is 6.32. The van der Waals surface area contributed by atoms with E-state index in [0.29, 0.717) is 0 Å². The number of nitrogens with zero attached hydrogens (tertiary/aromatic N) is 4. The first kappa shape index (κ1) is 20.9. The highest BCUT2D eigenvalue weighted by Gasteiger charge is 2.31. The zero-order valence-electron chi connectivity index (χ0n) is 14.1. The second-order valence-electron chi connectivity index (χ2n) is 6.32. The van der Waals surface area contributed by atoms with Crippen LogP contribution in [-0.4, -0.2) is 60.3 Å². The number of anilines is 1. The molecule has 8 heteroatoms. The molecule has 2 atom stereocenters. The van der Waals surface area contributed by atoms with E-state index in [1.807, 2.05) is 24.1 Å². The molecule has 1 aromatic heterocycles. The van der Waals surface area contributed by atoms with Gasteiger partial charge in [-0.2, -0.15) is 5.10 Å². The number of nitrogens with one attached hydrogen (secondary N) is 1. The van der Waals surface area contributed by atoms with Gasteiger partial charge in [0, 0.05) is 38.9 Å². The zero-order chi connectivity index (χ0) is 15.4. The topological polar surface area (TPSA) is 61.4 Å². The summed E-state index contributed by atoms with van der Waals surface area (Å²) in [5.41, 5.74) is 0. The van der Waals surface area contributed by atoms with E-state index in [9.17, 15) is 4.79 Å². The van der Waals surface area contributed by atoms with E-state index in [1.54, 1.807) is 6.20 Å². The van der Waals surface area contributed by atoms with Crippen LogP contribution in [0.5, 0.6) is 0 Å². The first-order valence-corrected chi connectivity index (χ1v) is 8.26. The number of amides is 1. The van der Waals surface area contributed by atoms with E-state index in [0.717, 1.165) is 57.7 Å². The van der Waals surface area contributed by atoms with Crippen molar-refractivity contribution in [3.63, 3.8) is 0 Å². The number of carbonyl (C=O) groups excluding carboxylic acids is 1. The molecule has 2 aliphatic heterocycles. The quantitative estimate of drug-likeness (QED) is 0.871. The number of piperidine rings is 2. The molecule has 2 unspecified atom stereocenters. The van der Waals surface area contributed by atoms with E-state index in [1.165, 1.54) is 0 Å². The minimum absolute atomic E-state index is 0. The summed E-state index contributed by atoms with van der Waals surface area (Å²) < 4.78 is 0. The summed E-state index contributed by atoms with van der Waals surface area (Å²) in [5, 5.41) is 11.5. The predicted octanol–water partition coefficient (Wildman–Crippen LogP) is 1.75. The molecule has 0 aliphatic carbocycles. The van der Waals surface area contributed by atoms with Gasteiger partial charge < -0.3 is 15.1 Å². The molecule has 2 fully saturated rings. The van der Waals surface area contributed by atoms with E-state index < -0.39 is 0 Å². The smallest absolute Gasteiger partial charge is 0.227 e. The number of hydrogen-bond acceptors (Lipinski definition) is 5. The highest BCUT2D eigenvalue weighted by Crippen LogP contribution is 2.22. The molecule has 3 rings (SSSR count). The van der Waals surface area contributed by atoms with E-state index in [-0.39, 0.29) is 42.7 Å². The molecule has 1 amide bonds. The Morgan fingerprint density at radius 1 is 1.33 bits per heavy atom. The average Bonchev–Trinajstić information content (AvgIpc) is 2.62. The fourth-order valence-electron chi connectivity index (χ4n) is 3.47. The Bertz CT molecular complexity index is 499. The minimum Gasteiger partial charge on any atom is -0.353 e. The monoisotopic (exact) mass is 375 g/mol. The summed E-state index contributed by atoms with van der Waals surface area (Å²) in [7, 11) is 1.96. The summed E-state index contributed by atoms with van der Waals surface area (Å²) in [6.07, 6.45) is 5.95. The van der Waals surface area contributed by atoms with Crippen molar-refractivity contribution in [3.8, 4) is 0 Å². The number of hydrogen-bond donors (Lipinski definition) is 1. The number of likely N-dealkylation sites (N-methyl/N-ethyl adjacent to an activating group) is 1. The lowest BCUT2D eigenvalue weighted by atomic mass is 9.96.